The molecule has 104 valence electrons. The van der Waals surface area contributed by atoms with Gasteiger partial charge < -0.3 is 14.8 Å². The van der Waals surface area contributed by atoms with Gasteiger partial charge in [-0.25, -0.2) is 4.79 Å². The smallest absolute Gasteiger partial charge is 0.337 e. The molecular formula is C15H21NO3. The Morgan fingerprint density at radius 3 is 2.74 bits per heavy atom. The van der Waals surface area contributed by atoms with E-state index in [4.69, 9.17) is 4.74 Å². The van der Waals surface area contributed by atoms with Crippen molar-refractivity contribution < 1.29 is 14.3 Å². The number of esters is 1. The lowest BCUT2D eigenvalue weighted by atomic mass is 10.0. The Labute approximate surface area is 114 Å². The van der Waals surface area contributed by atoms with Gasteiger partial charge in [0, 0.05) is 19.7 Å². The van der Waals surface area contributed by atoms with Crippen LogP contribution < -0.4 is 5.32 Å². The molecule has 1 aliphatic heterocycles. The first-order valence-corrected chi connectivity index (χ1v) is 6.65. The molecule has 0 saturated carbocycles. The largest absolute Gasteiger partial charge is 0.465 e. The Hall–Kier alpha value is -1.39. The van der Waals surface area contributed by atoms with Gasteiger partial charge in [-0.05, 0) is 37.5 Å². The molecular weight excluding hydrogens is 242 g/mol. The minimum atomic E-state index is -0.300. The number of methoxy groups -OCH3 is 1. The van der Waals surface area contributed by atoms with Crippen molar-refractivity contribution in [2.45, 2.75) is 31.9 Å². The molecule has 0 aromatic heterocycles. The highest BCUT2D eigenvalue weighted by molar-refractivity contribution is 5.89. The van der Waals surface area contributed by atoms with Gasteiger partial charge >= 0.3 is 5.97 Å². The van der Waals surface area contributed by atoms with Crippen molar-refractivity contribution in [3.63, 3.8) is 0 Å². The molecule has 2 rings (SSSR count). The van der Waals surface area contributed by atoms with E-state index in [1.54, 1.807) is 12.1 Å². The fraction of sp³-hybridized carbons (Fsp3) is 0.533. The molecule has 0 radical (unpaired) electrons. The lowest BCUT2D eigenvalue weighted by molar-refractivity contribution is 0.0207. The maximum absolute atomic E-state index is 11.3. The number of carbonyl (C=O) groups excluding carboxylic acids is 1. The predicted octanol–water partition coefficient (Wildman–Crippen LogP) is 2.13. The van der Waals surface area contributed by atoms with Crippen LogP contribution in [0.1, 0.15) is 35.7 Å². The zero-order valence-corrected chi connectivity index (χ0v) is 11.6. The first-order chi connectivity index (χ1) is 9.13. The van der Waals surface area contributed by atoms with Crippen LogP contribution in [0.25, 0.3) is 0 Å². The van der Waals surface area contributed by atoms with Crippen LogP contribution in [0.2, 0.25) is 0 Å². The second kappa shape index (κ2) is 6.17. The third-order valence-corrected chi connectivity index (χ3v) is 3.50. The number of hydrogen-bond donors (Lipinski definition) is 1. The van der Waals surface area contributed by atoms with Gasteiger partial charge in [-0.3, -0.25) is 0 Å². The van der Waals surface area contributed by atoms with Crippen LogP contribution in [0, 0.1) is 0 Å². The Kier molecular flexibility index (Phi) is 4.56. The van der Waals surface area contributed by atoms with Gasteiger partial charge in [0.25, 0.3) is 0 Å². The van der Waals surface area contributed by atoms with E-state index in [0.717, 1.165) is 38.1 Å². The third kappa shape index (κ3) is 3.78. The molecule has 1 saturated heterocycles. The summed E-state index contributed by atoms with van der Waals surface area (Å²) in [5.41, 5.74) is 1.71. The average molecular weight is 263 g/mol. The lowest BCUT2D eigenvalue weighted by Gasteiger charge is -2.23. The number of nitrogens with one attached hydrogen (secondary N) is 1. The van der Waals surface area contributed by atoms with Crippen molar-refractivity contribution in [2.24, 2.45) is 0 Å². The highest BCUT2D eigenvalue weighted by atomic mass is 16.5. The topological polar surface area (TPSA) is 47.6 Å². The van der Waals surface area contributed by atoms with E-state index in [1.165, 1.54) is 7.11 Å². The molecule has 1 N–H and O–H groups in total. The summed E-state index contributed by atoms with van der Waals surface area (Å²) in [6.45, 7) is 4.64. The average Bonchev–Trinajstić information content (AvgIpc) is 2.86. The Morgan fingerprint density at radius 2 is 2.16 bits per heavy atom. The molecule has 1 aromatic carbocycles. The summed E-state index contributed by atoms with van der Waals surface area (Å²) in [5, 5.41) is 3.41. The van der Waals surface area contributed by atoms with E-state index >= 15 is 0 Å². The monoisotopic (exact) mass is 263 g/mol. The molecule has 4 nitrogen and oxygen atoms in total. The van der Waals surface area contributed by atoms with Crippen LogP contribution in [-0.2, 0) is 16.0 Å². The predicted molar refractivity (Wildman–Crippen MR) is 73.1 cm³/mol. The minimum Gasteiger partial charge on any atom is -0.465 e. The fourth-order valence-electron chi connectivity index (χ4n) is 2.32. The van der Waals surface area contributed by atoms with Crippen molar-refractivity contribution in [1.29, 1.82) is 0 Å². The van der Waals surface area contributed by atoms with Gasteiger partial charge in [0.2, 0.25) is 0 Å². The molecule has 19 heavy (non-hydrogen) atoms. The van der Waals surface area contributed by atoms with Crippen LogP contribution in [0.4, 0.5) is 0 Å². The molecule has 0 bridgehead atoms. The third-order valence-electron chi connectivity index (χ3n) is 3.50. The molecule has 1 fully saturated rings. The number of hydrogen-bond acceptors (Lipinski definition) is 4. The van der Waals surface area contributed by atoms with Gasteiger partial charge in [-0.2, -0.15) is 0 Å². The summed E-state index contributed by atoms with van der Waals surface area (Å²) in [4.78, 5) is 11.3. The van der Waals surface area contributed by atoms with Crippen LogP contribution in [-0.4, -0.2) is 31.8 Å². The zero-order chi connectivity index (χ0) is 13.7. The summed E-state index contributed by atoms with van der Waals surface area (Å²) in [6, 6.07) is 7.46. The molecule has 1 heterocycles. The van der Waals surface area contributed by atoms with Gasteiger partial charge in [-0.15, -0.1) is 0 Å². The number of ether oxygens (including phenoxy) is 2. The van der Waals surface area contributed by atoms with Gasteiger partial charge in [0.1, 0.15) is 0 Å². The normalized spacial score (nSPS) is 22.4. The van der Waals surface area contributed by atoms with Crippen molar-refractivity contribution in [3.8, 4) is 0 Å². The molecule has 0 aliphatic carbocycles. The maximum atomic E-state index is 11.3. The molecule has 0 spiro atoms. The summed E-state index contributed by atoms with van der Waals surface area (Å²) in [6.07, 6.45) is 2.26. The van der Waals surface area contributed by atoms with Crippen molar-refractivity contribution in [3.05, 3.63) is 35.4 Å². The van der Waals surface area contributed by atoms with Gasteiger partial charge in [0.05, 0.1) is 18.3 Å². The Morgan fingerprint density at radius 1 is 1.42 bits per heavy atom. The summed E-state index contributed by atoms with van der Waals surface area (Å²) < 4.78 is 10.4. The Bertz CT molecular complexity index is 422. The van der Waals surface area contributed by atoms with Gasteiger partial charge in [0.15, 0.2) is 0 Å². The summed E-state index contributed by atoms with van der Waals surface area (Å²) >= 11 is 0. The molecule has 1 aromatic rings. The second-order valence-corrected chi connectivity index (χ2v) is 5.19. The first kappa shape index (κ1) is 14.0. The van der Waals surface area contributed by atoms with Crippen LogP contribution in [0.15, 0.2) is 24.3 Å². The first-order valence-electron chi connectivity index (χ1n) is 6.65. The molecule has 1 atom stereocenters. The van der Waals surface area contributed by atoms with Crippen molar-refractivity contribution in [2.75, 3.05) is 20.3 Å². The molecule has 0 amide bonds. The minimum absolute atomic E-state index is 0.0219. The number of carbonyl (C=O) groups is 1. The quantitative estimate of drug-likeness (QED) is 0.827. The van der Waals surface area contributed by atoms with E-state index in [-0.39, 0.29) is 11.6 Å². The lowest BCUT2D eigenvalue weighted by Crippen LogP contribution is -2.36. The highest BCUT2D eigenvalue weighted by Crippen LogP contribution is 2.23. The summed E-state index contributed by atoms with van der Waals surface area (Å²) in [5.74, 6) is -0.300. The van der Waals surface area contributed by atoms with E-state index in [9.17, 15) is 4.79 Å². The van der Waals surface area contributed by atoms with E-state index in [0.29, 0.717) is 5.56 Å². The highest BCUT2D eigenvalue weighted by Gasteiger charge is 2.28. The van der Waals surface area contributed by atoms with E-state index in [2.05, 4.69) is 17.0 Å². The summed E-state index contributed by atoms with van der Waals surface area (Å²) in [7, 11) is 1.39. The number of rotatable bonds is 5. The molecule has 1 aliphatic rings. The number of benzene rings is 1. The second-order valence-electron chi connectivity index (χ2n) is 5.19. The maximum Gasteiger partial charge on any atom is 0.337 e. The van der Waals surface area contributed by atoms with E-state index < -0.39 is 0 Å². The van der Waals surface area contributed by atoms with Crippen LogP contribution in [0.3, 0.4) is 0 Å². The van der Waals surface area contributed by atoms with Crippen LogP contribution in [0.5, 0.6) is 0 Å². The standard InChI is InChI=1S/C15H21NO3/c1-15(8-3-9-19-15)11-16-10-12-4-6-13(7-5-12)14(17)18-2/h4-7,16H,3,8-11H2,1-2H3. The van der Waals surface area contributed by atoms with Crippen LogP contribution >= 0.6 is 0 Å². The van der Waals surface area contributed by atoms with Crippen molar-refractivity contribution >= 4 is 5.97 Å². The van der Waals surface area contributed by atoms with Crippen molar-refractivity contribution in [1.82, 2.24) is 5.32 Å². The zero-order valence-electron chi connectivity index (χ0n) is 11.6. The fourth-order valence-corrected chi connectivity index (χ4v) is 2.32. The van der Waals surface area contributed by atoms with Gasteiger partial charge in [-0.1, -0.05) is 12.1 Å². The van der Waals surface area contributed by atoms with E-state index in [1.807, 2.05) is 12.1 Å². The molecule has 4 heteroatoms. The SMILES string of the molecule is COC(=O)c1ccc(CNCC2(C)CCCO2)cc1. The Balaban J connectivity index is 1.81. The molecule has 1 unspecified atom stereocenters.